The van der Waals surface area contributed by atoms with E-state index < -0.39 is 11.8 Å². The molecule has 0 amide bonds. The molecule has 0 fully saturated rings. The SMILES string of the molecule is Cn1nc(-c2c(O)cccc2F)nc1SCC(=O)O. The largest absolute Gasteiger partial charge is 0.507 e. The number of aryl methyl sites for hydroxylation is 1. The molecule has 0 aliphatic heterocycles. The predicted molar refractivity (Wildman–Crippen MR) is 66.4 cm³/mol. The van der Waals surface area contributed by atoms with Crippen molar-refractivity contribution in [1.29, 1.82) is 0 Å². The van der Waals surface area contributed by atoms with Gasteiger partial charge in [-0.25, -0.2) is 14.1 Å². The molecule has 1 aromatic heterocycles. The first kappa shape index (κ1) is 13.3. The van der Waals surface area contributed by atoms with Crippen LogP contribution in [0.2, 0.25) is 0 Å². The minimum atomic E-state index is -0.983. The number of phenols is 1. The number of aliphatic carboxylic acids is 1. The second-order valence-electron chi connectivity index (χ2n) is 3.66. The number of phenolic OH excluding ortho intramolecular Hbond substituents is 1. The van der Waals surface area contributed by atoms with E-state index in [4.69, 9.17) is 5.11 Å². The van der Waals surface area contributed by atoms with Crippen LogP contribution in [0.15, 0.2) is 23.4 Å². The Kier molecular flexibility index (Phi) is 3.70. The highest BCUT2D eigenvalue weighted by Crippen LogP contribution is 2.30. The Balaban J connectivity index is 2.36. The summed E-state index contributed by atoms with van der Waals surface area (Å²) in [6.07, 6.45) is 0. The minimum absolute atomic E-state index is 0.0194. The van der Waals surface area contributed by atoms with E-state index in [1.54, 1.807) is 7.05 Å². The Hall–Kier alpha value is -2.09. The summed E-state index contributed by atoms with van der Waals surface area (Å²) in [5.41, 5.74) is -0.0970. The number of benzene rings is 1. The molecule has 1 aromatic carbocycles. The van der Waals surface area contributed by atoms with Gasteiger partial charge < -0.3 is 10.2 Å². The number of aromatic hydroxyl groups is 1. The van der Waals surface area contributed by atoms with Crippen molar-refractivity contribution in [2.24, 2.45) is 7.05 Å². The Morgan fingerprint density at radius 1 is 1.53 bits per heavy atom. The molecular formula is C11H10FN3O3S. The monoisotopic (exact) mass is 283 g/mol. The fraction of sp³-hybridized carbons (Fsp3) is 0.182. The molecule has 0 aliphatic rings. The molecule has 1 heterocycles. The van der Waals surface area contributed by atoms with E-state index in [0.717, 1.165) is 11.8 Å². The molecule has 8 heteroatoms. The number of halogens is 1. The molecule has 0 saturated heterocycles. The zero-order chi connectivity index (χ0) is 14.0. The highest BCUT2D eigenvalue weighted by molar-refractivity contribution is 7.99. The number of thioether (sulfide) groups is 1. The van der Waals surface area contributed by atoms with Gasteiger partial charge in [-0.05, 0) is 12.1 Å². The number of aromatic nitrogens is 3. The van der Waals surface area contributed by atoms with Gasteiger partial charge in [-0.1, -0.05) is 17.8 Å². The van der Waals surface area contributed by atoms with Crippen molar-refractivity contribution in [3.05, 3.63) is 24.0 Å². The number of hydrogen-bond acceptors (Lipinski definition) is 5. The van der Waals surface area contributed by atoms with Gasteiger partial charge in [-0.2, -0.15) is 5.10 Å². The summed E-state index contributed by atoms with van der Waals surface area (Å²) in [6, 6.07) is 3.89. The lowest BCUT2D eigenvalue weighted by molar-refractivity contribution is -0.133. The standard InChI is InChI=1S/C11H10FN3O3S/c1-15-11(19-5-8(17)18)13-10(14-15)9-6(12)3-2-4-7(9)16/h2-4,16H,5H2,1H3,(H,17,18). The maximum absolute atomic E-state index is 13.6. The first-order valence-corrected chi connectivity index (χ1v) is 6.21. The van der Waals surface area contributed by atoms with Gasteiger partial charge in [0.05, 0.1) is 11.3 Å². The van der Waals surface area contributed by atoms with Crippen molar-refractivity contribution in [2.75, 3.05) is 5.75 Å². The van der Waals surface area contributed by atoms with E-state index in [1.165, 1.54) is 22.9 Å². The van der Waals surface area contributed by atoms with Crippen molar-refractivity contribution in [3.63, 3.8) is 0 Å². The smallest absolute Gasteiger partial charge is 0.313 e. The lowest BCUT2D eigenvalue weighted by Gasteiger charge is -2.00. The van der Waals surface area contributed by atoms with Gasteiger partial charge >= 0.3 is 5.97 Å². The van der Waals surface area contributed by atoms with Crippen molar-refractivity contribution in [1.82, 2.24) is 14.8 Å². The Morgan fingerprint density at radius 3 is 2.89 bits per heavy atom. The molecule has 19 heavy (non-hydrogen) atoms. The molecule has 6 nitrogen and oxygen atoms in total. The number of carboxylic acid groups (broad SMARTS) is 1. The molecule has 0 aliphatic carbocycles. The maximum Gasteiger partial charge on any atom is 0.313 e. The van der Waals surface area contributed by atoms with Crippen LogP contribution in [0.25, 0.3) is 11.4 Å². The Bertz CT molecular complexity index is 609. The summed E-state index contributed by atoms with van der Waals surface area (Å²) in [6.45, 7) is 0. The van der Waals surface area contributed by atoms with E-state index in [1.807, 2.05) is 0 Å². The van der Waals surface area contributed by atoms with Gasteiger partial charge in [-0.15, -0.1) is 0 Å². The number of nitrogens with zero attached hydrogens (tertiary/aromatic N) is 3. The summed E-state index contributed by atoms with van der Waals surface area (Å²) in [5.74, 6) is -2.04. The molecule has 0 saturated carbocycles. The number of carboxylic acids is 1. The summed E-state index contributed by atoms with van der Waals surface area (Å²) in [4.78, 5) is 14.5. The van der Waals surface area contributed by atoms with Gasteiger partial charge in [0, 0.05) is 7.05 Å². The zero-order valence-electron chi connectivity index (χ0n) is 9.87. The third-order valence-electron chi connectivity index (χ3n) is 2.26. The number of carbonyl (C=O) groups is 1. The van der Waals surface area contributed by atoms with Crippen molar-refractivity contribution < 1.29 is 19.4 Å². The van der Waals surface area contributed by atoms with Crippen LogP contribution >= 0.6 is 11.8 Å². The molecule has 100 valence electrons. The van der Waals surface area contributed by atoms with E-state index in [9.17, 15) is 14.3 Å². The van der Waals surface area contributed by atoms with Crippen molar-refractivity contribution in [3.8, 4) is 17.1 Å². The fourth-order valence-corrected chi connectivity index (χ4v) is 2.09. The topological polar surface area (TPSA) is 88.2 Å². The lowest BCUT2D eigenvalue weighted by atomic mass is 10.2. The number of rotatable bonds is 4. The second kappa shape index (κ2) is 5.27. The first-order chi connectivity index (χ1) is 8.99. The van der Waals surface area contributed by atoms with Gasteiger partial charge in [0.15, 0.2) is 11.0 Å². The van der Waals surface area contributed by atoms with E-state index in [-0.39, 0.29) is 22.9 Å². The normalized spacial score (nSPS) is 10.6. The highest BCUT2D eigenvalue weighted by Gasteiger charge is 2.17. The lowest BCUT2D eigenvalue weighted by Crippen LogP contribution is -2.00. The quantitative estimate of drug-likeness (QED) is 0.827. The van der Waals surface area contributed by atoms with Crippen LogP contribution in [-0.4, -0.2) is 36.7 Å². The van der Waals surface area contributed by atoms with Crippen LogP contribution in [0.3, 0.4) is 0 Å². The fourth-order valence-electron chi connectivity index (χ4n) is 1.46. The summed E-state index contributed by atoms with van der Waals surface area (Å²) in [5, 5.41) is 22.5. The van der Waals surface area contributed by atoms with Gasteiger partial charge in [-0.3, -0.25) is 4.79 Å². The van der Waals surface area contributed by atoms with Crippen LogP contribution in [-0.2, 0) is 11.8 Å². The van der Waals surface area contributed by atoms with E-state index >= 15 is 0 Å². The minimum Gasteiger partial charge on any atom is -0.507 e. The second-order valence-corrected chi connectivity index (χ2v) is 4.60. The average molecular weight is 283 g/mol. The molecule has 2 aromatic rings. The highest BCUT2D eigenvalue weighted by atomic mass is 32.2. The van der Waals surface area contributed by atoms with Crippen LogP contribution in [0.5, 0.6) is 5.75 Å². The summed E-state index contributed by atoms with van der Waals surface area (Å²) < 4.78 is 15.0. The molecular weight excluding hydrogens is 273 g/mol. The molecule has 0 radical (unpaired) electrons. The average Bonchev–Trinajstić information content (AvgIpc) is 2.67. The summed E-state index contributed by atoms with van der Waals surface area (Å²) in [7, 11) is 1.57. The third-order valence-corrected chi connectivity index (χ3v) is 3.27. The molecule has 0 unspecified atom stereocenters. The van der Waals surface area contributed by atoms with Crippen LogP contribution in [0.1, 0.15) is 0 Å². The van der Waals surface area contributed by atoms with Crippen molar-refractivity contribution >= 4 is 17.7 Å². The van der Waals surface area contributed by atoms with E-state index in [2.05, 4.69) is 10.1 Å². The maximum atomic E-state index is 13.6. The Morgan fingerprint density at radius 2 is 2.26 bits per heavy atom. The third kappa shape index (κ3) is 2.84. The molecule has 2 rings (SSSR count). The molecule has 0 spiro atoms. The van der Waals surface area contributed by atoms with Gasteiger partial charge in [0.1, 0.15) is 11.6 Å². The van der Waals surface area contributed by atoms with Gasteiger partial charge in [0.25, 0.3) is 0 Å². The zero-order valence-corrected chi connectivity index (χ0v) is 10.7. The Labute approximate surface area is 111 Å². The molecule has 0 atom stereocenters. The summed E-state index contributed by atoms with van der Waals surface area (Å²) >= 11 is 0.968. The van der Waals surface area contributed by atoms with Gasteiger partial charge in [0.2, 0.25) is 0 Å². The predicted octanol–water partition coefficient (Wildman–Crippen LogP) is 1.50. The van der Waals surface area contributed by atoms with E-state index in [0.29, 0.717) is 5.16 Å². The van der Waals surface area contributed by atoms with Crippen LogP contribution in [0, 0.1) is 5.82 Å². The van der Waals surface area contributed by atoms with Crippen LogP contribution < -0.4 is 0 Å². The number of hydrogen-bond donors (Lipinski definition) is 2. The van der Waals surface area contributed by atoms with Crippen molar-refractivity contribution in [2.45, 2.75) is 5.16 Å². The first-order valence-electron chi connectivity index (χ1n) is 5.22. The molecule has 0 bridgehead atoms. The molecule has 2 N–H and O–H groups in total. The van der Waals surface area contributed by atoms with Crippen LogP contribution in [0.4, 0.5) is 4.39 Å².